The third-order valence-electron chi connectivity index (χ3n) is 9.39. The summed E-state index contributed by atoms with van der Waals surface area (Å²) < 4.78 is 76.5. The first-order chi connectivity index (χ1) is 22.7. The van der Waals surface area contributed by atoms with Crippen LogP contribution in [0.1, 0.15) is 118 Å². The maximum atomic E-state index is 12.7. The molecule has 2 fully saturated rings. The van der Waals surface area contributed by atoms with E-state index in [0.717, 1.165) is 37.7 Å². The van der Waals surface area contributed by atoms with E-state index in [0.29, 0.717) is 43.3 Å². The SMILES string of the molecule is C#CC1CCC(CS(=O)(=O)C(C)(C)C)CC1.Cc1ccc(S(=O)(=O)OC(C2CCC(CS(=O)(=O)C(C)(C)C)CC2)C(Cl)(Cl)Cl)cc1.[CH2-]CCC.[Li+]. The third-order valence-corrected chi connectivity index (χ3v) is 16.9. The average molecular weight is 826 g/mol. The largest absolute Gasteiger partial charge is 1.00 e. The molecule has 2 aliphatic rings. The molecule has 1 aromatic carbocycles. The molecule has 3 rings (SSSR count). The minimum absolute atomic E-state index is 0. The second-order valence-corrected chi connectivity index (χ2v) is 25.1. The van der Waals surface area contributed by atoms with Crippen molar-refractivity contribution in [3.05, 3.63) is 36.8 Å². The van der Waals surface area contributed by atoms with E-state index >= 15 is 0 Å². The third kappa shape index (κ3) is 17.2. The maximum absolute atomic E-state index is 12.7. The van der Waals surface area contributed by atoms with Crippen LogP contribution in [0.25, 0.3) is 0 Å². The number of unbranched alkanes of at least 4 members (excludes halogenated alkanes) is 1. The number of halogens is 3. The molecule has 1 aromatic rings. The van der Waals surface area contributed by atoms with Gasteiger partial charge in [0, 0.05) is 5.92 Å². The monoisotopic (exact) mass is 824 g/mol. The normalized spacial score (nSPS) is 22.5. The van der Waals surface area contributed by atoms with Crippen molar-refractivity contribution in [1.82, 2.24) is 0 Å². The zero-order valence-corrected chi connectivity index (χ0v) is 36.9. The van der Waals surface area contributed by atoms with Gasteiger partial charge >= 0.3 is 18.9 Å². The Hall–Kier alpha value is 0.0574. The van der Waals surface area contributed by atoms with Gasteiger partial charge in [-0.25, -0.2) is 16.8 Å². The van der Waals surface area contributed by atoms with E-state index in [2.05, 4.69) is 19.8 Å². The number of rotatable bonds is 9. The molecular formula is C37H60Cl3LiO7S3. The van der Waals surface area contributed by atoms with Gasteiger partial charge in [-0.3, -0.25) is 4.18 Å². The Bertz CT molecular complexity index is 1540. The number of aryl methyl sites for hydroxylation is 1. The van der Waals surface area contributed by atoms with Gasteiger partial charge in [-0.2, -0.15) is 14.8 Å². The predicted molar refractivity (Wildman–Crippen MR) is 211 cm³/mol. The molecule has 2 saturated carbocycles. The Kier molecular flexibility index (Phi) is 21.4. The molecule has 0 radical (unpaired) electrons. The van der Waals surface area contributed by atoms with Crippen LogP contribution in [0.4, 0.5) is 0 Å². The van der Waals surface area contributed by atoms with E-state index in [9.17, 15) is 25.3 Å². The zero-order valence-electron chi connectivity index (χ0n) is 32.2. The van der Waals surface area contributed by atoms with Gasteiger partial charge in [0.05, 0.1) is 25.9 Å². The summed E-state index contributed by atoms with van der Waals surface area (Å²) in [6, 6.07) is 6.24. The van der Waals surface area contributed by atoms with Crippen molar-refractivity contribution < 1.29 is 48.3 Å². The molecule has 0 N–H and O–H groups in total. The fraction of sp³-hybridized carbons (Fsp3) is 0.757. The van der Waals surface area contributed by atoms with E-state index in [1.165, 1.54) is 18.6 Å². The number of benzene rings is 1. The first-order valence-corrected chi connectivity index (χ1v) is 23.3. The van der Waals surface area contributed by atoms with E-state index in [1.54, 1.807) is 53.7 Å². The summed E-state index contributed by atoms with van der Waals surface area (Å²) >= 11 is 18.3. The van der Waals surface area contributed by atoms with Gasteiger partial charge in [-0.1, -0.05) is 65.8 Å². The molecule has 290 valence electrons. The van der Waals surface area contributed by atoms with E-state index in [4.69, 9.17) is 45.4 Å². The summed E-state index contributed by atoms with van der Waals surface area (Å²) in [5.41, 5.74) is 0.912. The molecule has 0 spiro atoms. The predicted octanol–water partition coefficient (Wildman–Crippen LogP) is 6.72. The molecule has 1 atom stereocenters. The minimum Gasteiger partial charge on any atom is -0.343 e. The number of hydrogen-bond donors (Lipinski definition) is 0. The van der Waals surface area contributed by atoms with Crippen LogP contribution in [0, 0.1) is 49.9 Å². The fourth-order valence-electron chi connectivity index (χ4n) is 5.57. The summed E-state index contributed by atoms with van der Waals surface area (Å²) in [6.07, 6.45) is 12.6. The maximum Gasteiger partial charge on any atom is 1.00 e. The van der Waals surface area contributed by atoms with Gasteiger partial charge in [0.2, 0.25) is 3.79 Å². The second kappa shape index (κ2) is 21.4. The van der Waals surface area contributed by atoms with Crippen LogP contribution < -0.4 is 18.9 Å². The molecule has 0 bridgehead atoms. The molecule has 0 saturated heterocycles. The minimum atomic E-state index is -4.12. The van der Waals surface area contributed by atoms with Crippen LogP contribution in [-0.2, 0) is 34.0 Å². The van der Waals surface area contributed by atoms with Crippen LogP contribution in [-0.4, -0.2) is 56.1 Å². The Morgan fingerprint density at radius 1 is 0.784 bits per heavy atom. The van der Waals surface area contributed by atoms with Crippen LogP contribution in [0.5, 0.6) is 0 Å². The summed E-state index contributed by atoms with van der Waals surface area (Å²) in [4.78, 5) is -0.00249. The van der Waals surface area contributed by atoms with Gasteiger partial charge in [-0.15, -0.1) is 12.3 Å². The second-order valence-electron chi connectivity index (χ2n) is 15.6. The number of sulfone groups is 2. The van der Waals surface area contributed by atoms with Gasteiger partial charge < -0.3 is 6.92 Å². The van der Waals surface area contributed by atoms with Gasteiger partial charge in [0.15, 0.2) is 19.7 Å². The summed E-state index contributed by atoms with van der Waals surface area (Å²) in [7, 11) is -10.3. The molecule has 0 aromatic heterocycles. The van der Waals surface area contributed by atoms with Crippen molar-refractivity contribution in [2.24, 2.45) is 23.7 Å². The van der Waals surface area contributed by atoms with E-state index < -0.39 is 49.2 Å². The van der Waals surface area contributed by atoms with Crippen LogP contribution in [0.3, 0.4) is 0 Å². The molecule has 0 amide bonds. The smallest absolute Gasteiger partial charge is 0.343 e. The van der Waals surface area contributed by atoms with Crippen molar-refractivity contribution in [3.8, 4) is 12.3 Å². The first kappa shape index (κ1) is 51.1. The molecule has 2 aliphatic carbocycles. The standard InChI is InChI=1S/C20H29Cl3O5S2.C13H22O2S.C4H9.Li/c1-14-5-11-17(12-6-14)30(26,27)28-18(20(21,22)23)16-9-7-15(8-10-16)13-29(24,25)19(2,3)4;1-5-11-6-8-12(9-7-11)10-16(14,15)13(2,3)4;1-3-4-2;/h5-6,11-12,15-16,18H,7-10,13H2,1-4H3;1,11-12H,6-10H2,2-4H3;1,3-4H2,2H3;/q;;-1;+1. The van der Waals surface area contributed by atoms with Crippen LogP contribution >= 0.6 is 34.8 Å². The van der Waals surface area contributed by atoms with Crippen molar-refractivity contribution in [1.29, 1.82) is 0 Å². The Labute approximate surface area is 338 Å². The quantitative estimate of drug-likeness (QED) is 0.0894. The summed E-state index contributed by atoms with van der Waals surface area (Å²) in [5, 5.41) is 0. The number of hydrogen-bond acceptors (Lipinski definition) is 7. The zero-order chi connectivity index (χ0) is 38.8. The van der Waals surface area contributed by atoms with Crippen molar-refractivity contribution in [2.75, 3.05) is 11.5 Å². The Morgan fingerprint density at radius 2 is 1.16 bits per heavy atom. The van der Waals surface area contributed by atoms with Crippen molar-refractivity contribution in [3.63, 3.8) is 0 Å². The molecule has 7 nitrogen and oxygen atoms in total. The van der Waals surface area contributed by atoms with Gasteiger partial charge in [0.1, 0.15) is 6.10 Å². The topological polar surface area (TPSA) is 112 Å². The molecule has 0 heterocycles. The molecule has 1 unspecified atom stereocenters. The Morgan fingerprint density at radius 3 is 1.47 bits per heavy atom. The van der Waals surface area contributed by atoms with Crippen molar-refractivity contribution >= 4 is 64.6 Å². The summed E-state index contributed by atoms with van der Waals surface area (Å²) in [6.45, 7) is 18.0. The van der Waals surface area contributed by atoms with Crippen molar-refractivity contribution in [2.45, 2.75) is 144 Å². The van der Waals surface area contributed by atoms with Crippen LogP contribution in [0.15, 0.2) is 29.2 Å². The molecule has 14 heteroatoms. The number of alkyl halides is 3. The number of terminal acetylenes is 1. The molecule has 51 heavy (non-hydrogen) atoms. The Balaban J connectivity index is 0.000000999. The molecule has 0 aliphatic heterocycles. The molecular weight excluding hydrogens is 766 g/mol. The summed E-state index contributed by atoms with van der Waals surface area (Å²) in [5.74, 6) is 3.56. The fourth-order valence-corrected chi connectivity index (χ4v) is 10.5. The van der Waals surface area contributed by atoms with Gasteiger partial charge in [-0.05, 0) is 130 Å². The average Bonchev–Trinajstić information content (AvgIpc) is 2.99. The first-order valence-electron chi connectivity index (χ1n) is 17.5. The van der Waals surface area contributed by atoms with E-state index in [1.807, 2.05) is 6.92 Å². The van der Waals surface area contributed by atoms with E-state index in [-0.39, 0.29) is 41.3 Å². The van der Waals surface area contributed by atoms with Gasteiger partial charge in [0.25, 0.3) is 10.1 Å². The van der Waals surface area contributed by atoms with Crippen LogP contribution in [0.2, 0.25) is 0 Å².